The molecule has 2 rings (SSSR count). The third kappa shape index (κ3) is 5.63. The summed E-state index contributed by atoms with van der Waals surface area (Å²) in [6.45, 7) is 6.63. The van der Waals surface area contributed by atoms with Crippen LogP contribution in [-0.2, 0) is 11.0 Å². The van der Waals surface area contributed by atoms with Gasteiger partial charge in [-0.25, -0.2) is 0 Å². The van der Waals surface area contributed by atoms with Gasteiger partial charge in [0.2, 0.25) is 5.91 Å². The maximum atomic E-state index is 13.3. The van der Waals surface area contributed by atoms with Gasteiger partial charge >= 0.3 is 6.18 Å². The number of nitrogens with one attached hydrogen (secondary N) is 1. The normalized spacial score (nSPS) is 11.6. The van der Waals surface area contributed by atoms with Crippen molar-refractivity contribution in [1.82, 2.24) is 0 Å². The predicted molar refractivity (Wildman–Crippen MR) is 111 cm³/mol. The lowest BCUT2D eigenvalue weighted by molar-refractivity contribution is -0.137. The number of anilines is 2. The molecule has 0 heterocycles. The number of azo groups is 1. The third-order valence-corrected chi connectivity index (χ3v) is 4.48. The quantitative estimate of drug-likeness (QED) is 0.492. The van der Waals surface area contributed by atoms with Crippen LogP contribution in [0.1, 0.15) is 26.3 Å². The predicted octanol–water partition coefficient (Wildman–Crippen LogP) is 6.59. The van der Waals surface area contributed by atoms with Crippen molar-refractivity contribution in [1.29, 1.82) is 0 Å². The van der Waals surface area contributed by atoms with Gasteiger partial charge in [-0.2, -0.15) is 13.2 Å². The van der Waals surface area contributed by atoms with E-state index in [9.17, 15) is 18.0 Å². The Kier molecular flexibility index (Phi) is 7.66. The number of nitrogens with zero attached hydrogens (tertiary/aromatic N) is 3. The van der Waals surface area contributed by atoms with Crippen LogP contribution in [0.25, 0.3) is 0 Å². The molecular weight excluding hydrogens is 421 g/mol. The van der Waals surface area contributed by atoms with E-state index in [0.29, 0.717) is 30.2 Å². The Morgan fingerprint density at radius 1 is 1.13 bits per heavy atom. The van der Waals surface area contributed by atoms with Crippen LogP contribution >= 0.6 is 11.6 Å². The number of hydrogen-bond donors (Lipinski definition) is 1. The lowest BCUT2D eigenvalue weighted by Gasteiger charge is -2.24. The molecule has 0 fully saturated rings. The maximum Gasteiger partial charge on any atom is 0.418 e. The second-order valence-corrected chi connectivity index (χ2v) is 6.69. The fourth-order valence-electron chi connectivity index (χ4n) is 2.84. The van der Waals surface area contributed by atoms with Crippen molar-refractivity contribution < 1.29 is 22.7 Å². The average molecular weight is 443 g/mol. The summed E-state index contributed by atoms with van der Waals surface area (Å²) in [5, 5.41) is 10.3. The highest BCUT2D eigenvalue weighted by Gasteiger charge is 2.34. The molecule has 0 aliphatic rings. The second kappa shape index (κ2) is 9.80. The van der Waals surface area contributed by atoms with Crippen LogP contribution in [0.2, 0.25) is 5.02 Å². The standard InChI is InChI=1S/C20H22ClF3N4O2/c1-5-28(6-2)18-10-16(25-12(3)29)17(11-19(18)30-4)27-26-15-8-7-13(21)9-14(15)20(22,23)24/h7-11H,5-6H2,1-4H3,(H,25,29). The molecule has 0 atom stereocenters. The van der Waals surface area contributed by atoms with Crippen molar-refractivity contribution in [3.63, 3.8) is 0 Å². The molecule has 0 spiro atoms. The van der Waals surface area contributed by atoms with Gasteiger partial charge in [0.05, 0.1) is 29.7 Å². The molecule has 0 aliphatic carbocycles. The average Bonchev–Trinajstić information content (AvgIpc) is 2.67. The van der Waals surface area contributed by atoms with Crippen molar-refractivity contribution in [3.8, 4) is 5.75 Å². The molecule has 0 bridgehead atoms. The van der Waals surface area contributed by atoms with E-state index < -0.39 is 17.4 Å². The molecule has 0 radical (unpaired) electrons. The largest absolute Gasteiger partial charge is 0.494 e. The van der Waals surface area contributed by atoms with Gasteiger partial charge in [0.25, 0.3) is 0 Å². The molecule has 1 amide bonds. The summed E-state index contributed by atoms with van der Waals surface area (Å²) < 4.78 is 45.3. The van der Waals surface area contributed by atoms with Gasteiger partial charge in [-0.1, -0.05) is 11.6 Å². The molecule has 0 unspecified atom stereocenters. The van der Waals surface area contributed by atoms with E-state index in [1.165, 1.54) is 26.2 Å². The van der Waals surface area contributed by atoms with E-state index in [0.717, 1.165) is 12.1 Å². The number of hydrogen-bond acceptors (Lipinski definition) is 5. The Labute approximate surface area is 177 Å². The van der Waals surface area contributed by atoms with Crippen molar-refractivity contribution in [2.24, 2.45) is 10.2 Å². The first-order chi connectivity index (χ1) is 14.1. The molecule has 0 saturated carbocycles. The molecule has 6 nitrogen and oxygen atoms in total. The monoisotopic (exact) mass is 442 g/mol. The first-order valence-electron chi connectivity index (χ1n) is 9.13. The number of rotatable bonds is 7. The van der Waals surface area contributed by atoms with E-state index in [2.05, 4.69) is 15.5 Å². The summed E-state index contributed by atoms with van der Waals surface area (Å²) in [4.78, 5) is 13.7. The van der Waals surface area contributed by atoms with Crippen LogP contribution in [0, 0.1) is 0 Å². The molecule has 2 aromatic rings. The minimum Gasteiger partial charge on any atom is -0.494 e. The summed E-state index contributed by atoms with van der Waals surface area (Å²) in [6.07, 6.45) is -4.65. The zero-order valence-corrected chi connectivity index (χ0v) is 17.7. The van der Waals surface area contributed by atoms with Crippen molar-refractivity contribution in [2.75, 3.05) is 30.4 Å². The number of methoxy groups -OCH3 is 1. The fourth-order valence-corrected chi connectivity index (χ4v) is 3.01. The fraction of sp³-hybridized carbons (Fsp3) is 0.350. The lowest BCUT2D eigenvalue weighted by Crippen LogP contribution is -2.22. The minimum absolute atomic E-state index is 0.0644. The number of ether oxygens (including phenoxy) is 1. The molecule has 30 heavy (non-hydrogen) atoms. The van der Waals surface area contributed by atoms with Gasteiger partial charge in [-0.3, -0.25) is 4.79 Å². The van der Waals surface area contributed by atoms with Crippen molar-refractivity contribution in [3.05, 3.63) is 40.9 Å². The van der Waals surface area contributed by atoms with Gasteiger partial charge in [0.15, 0.2) is 0 Å². The molecular formula is C20H22ClF3N4O2. The highest BCUT2D eigenvalue weighted by Crippen LogP contribution is 2.41. The van der Waals surface area contributed by atoms with E-state index in [-0.39, 0.29) is 16.6 Å². The highest BCUT2D eigenvalue weighted by molar-refractivity contribution is 6.30. The van der Waals surface area contributed by atoms with Gasteiger partial charge in [-0.05, 0) is 38.1 Å². The van der Waals surface area contributed by atoms with Gasteiger partial charge in [-0.15, -0.1) is 10.2 Å². The summed E-state index contributed by atoms with van der Waals surface area (Å²) in [6, 6.07) is 6.40. The third-order valence-electron chi connectivity index (χ3n) is 4.24. The van der Waals surface area contributed by atoms with E-state index in [1.807, 2.05) is 18.7 Å². The van der Waals surface area contributed by atoms with Gasteiger partial charge in [0.1, 0.15) is 11.4 Å². The summed E-state index contributed by atoms with van der Waals surface area (Å²) >= 11 is 5.70. The number of benzene rings is 2. The van der Waals surface area contributed by atoms with Crippen molar-refractivity contribution in [2.45, 2.75) is 26.9 Å². The summed E-state index contributed by atoms with van der Waals surface area (Å²) in [7, 11) is 1.47. The first kappa shape index (κ1) is 23.5. The van der Waals surface area contributed by atoms with Crippen LogP contribution < -0.4 is 15.0 Å². The SMILES string of the molecule is CCN(CC)c1cc(NC(C)=O)c(N=Nc2ccc(Cl)cc2C(F)(F)F)cc1OC. The smallest absolute Gasteiger partial charge is 0.418 e. The molecule has 0 aliphatic heterocycles. The maximum absolute atomic E-state index is 13.3. The summed E-state index contributed by atoms with van der Waals surface area (Å²) in [5.41, 5.74) is -0.232. The van der Waals surface area contributed by atoms with E-state index >= 15 is 0 Å². The number of halogens is 4. The lowest BCUT2D eigenvalue weighted by atomic mass is 10.2. The Bertz CT molecular complexity index is 944. The molecule has 10 heteroatoms. The Morgan fingerprint density at radius 2 is 1.77 bits per heavy atom. The van der Waals surface area contributed by atoms with Crippen LogP contribution in [-0.4, -0.2) is 26.1 Å². The highest BCUT2D eigenvalue weighted by atomic mass is 35.5. The number of amides is 1. The van der Waals surface area contributed by atoms with Crippen molar-refractivity contribution >= 4 is 40.3 Å². The molecule has 162 valence electrons. The Hall–Kier alpha value is -2.81. The van der Waals surface area contributed by atoms with E-state index in [1.54, 1.807) is 6.07 Å². The number of carbonyl (C=O) groups is 1. The number of alkyl halides is 3. The zero-order valence-electron chi connectivity index (χ0n) is 17.0. The molecule has 0 aromatic heterocycles. The Balaban J connectivity index is 2.60. The zero-order chi connectivity index (χ0) is 22.5. The van der Waals surface area contributed by atoms with E-state index in [4.69, 9.17) is 16.3 Å². The van der Waals surface area contributed by atoms with Crippen LogP contribution in [0.4, 0.5) is 35.9 Å². The van der Waals surface area contributed by atoms with Crippen LogP contribution in [0.5, 0.6) is 5.75 Å². The Morgan fingerprint density at radius 3 is 2.30 bits per heavy atom. The minimum atomic E-state index is -4.65. The molecule has 0 saturated heterocycles. The second-order valence-electron chi connectivity index (χ2n) is 6.25. The number of carbonyl (C=O) groups excluding carboxylic acids is 1. The topological polar surface area (TPSA) is 66.3 Å². The van der Waals surface area contributed by atoms with Crippen LogP contribution in [0.3, 0.4) is 0 Å². The molecule has 1 N–H and O–H groups in total. The van der Waals surface area contributed by atoms with Crippen LogP contribution in [0.15, 0.2) is 40.6 Å². The first-order valence-corrected chi connectivity index (χ1v) is 9.51. The van der Waals surface area contributed by atoms with Gasteiger partial charge < -0.3 is 15.0 Å². The molecule has 2 aromatic carbocycles. The van der Waals surface area contributed by atoms with Gasteiger partial charge in [0, 0.05) is 31.1 Å². The summed E-state index contributed by atoms with van der Waals surface area (Å²) in [5.74, 6) is 0.0958.